The molecule has 10 heavy (non-hydrogen) atoms. The number of nitrogens with one attached hydrogen (secondary N) is 1. The maximum atomic E-state index is 3.45. The molecule has 2 aliphatic rings. The van der Waals surface area contributed by atoms with E-state index in [0.29, 0.717) is 0 Å². The first-order valence-electron chi connectivity index (χ1n) is 4.67. The van der Waals surface area contributed by atoms with E-state index in [0.717, 1.165) is 11.8 Å². The Bertz CT molecular complexity index is 85.3. The average Bonchev–Trinajstić information content (AvgIpc) is 2.59. The van der Waals surface area contributed by atoms with Gasteiger partial charge in [-0.2, -0.15) is 0 Å². The van der Waals surface area contributed by atoms with Gasteiger partial charge in [-0.3, -0.25) is 0 Å². The highest BCUT2D eigenvalue weighted by Gasteiger charge is 2.26. The maximum Gasteiger partial charge on any atom is -0.00174 e. The fourth-order valence-corrected chi connectivity index (χ4v) is 2.51. The molecule has 0 aromatic carbocycles. The Morgan fingerprint density at radius 2 is 1.70 bits per heavy atom. The lowest BCUT2D eigenvalue weighted by Crippen LogP contribution is -2.15. The van der Waals surface area contributed by atoms with Crippen LogP contribution in [0.4, 0.5) is 0 Å². The molecule has 1 heteroatoms. The first-order chi connectivity index (χ1) is 4.97. The van der Waals surface area contributed by atoms with Crippen molar-refractivity contribution in [2.45, 2.75) is 32.1 Å². The molecule has 0 radical (unpaired) electrons. The maximum absolute atomic E-state index is 3.45. The molecule has 0 bridgehead atoms. The minimum atomic E-state index is 1.04. The molecule has 1 N–H and O–H groups in total. The van der Waals surface area contributed by atoms with Crippen LogP contribution in [0.3, 0.4) is 0 Å². The molecular formula is C9H17N. The van der Waals surface area contributed by atoms with Gasteiger partial charge in [-0.25, -0.2) is 0 Å². The van der Waals surface area contributed by atoms with Gasteiger partial charge in [0, 0.05) is 0 Å². The monoisotopic (exact) mass is 139 g/mol. The van der Waals surface area contributed by atoms with Crippen LogP contribution in [0.2, 0.25) is 0 Å². The molecule has 2 fully saturated rings. The quantitative estimate of drug-likeness (QED) is 0.584. The van der Waals surface area contributed by atoms with Gasteiger partial charge in [0.15, 0.2) is 0 Å². The van der Waals surface area contributed by atoms with E-state index in [1.165, 1.54) is 45.2 Å². The lowest BCUT2D eigenvalue weighted by Gasteiger charge is -2.15. The van der Waals surface area contributed by atoms with Gasteiger partial charge in [0.05, 0.1) is 0 Å². The fourth-order valence-electron chi connectivity index (χ4n) is 2.51. The van der Waals surface area contributed by atoms with Crippen LogP contribution in [0.25, 0.3) is 0 Å². The van der Waals surface area contributed by atoms with E-state index >= 15 is 0 Å². The lowest BCUT2D eigenvalue weighted by molar-refractivity contribution is 0.366. The zero-order valence-electron chi connectivity index (χ0n) is 6.60. The molecule has 1 nitrogen and oxygen atoms in total. The summed E-state index contributed by atoms with van der Waals surface area (Å²) in [4.78, 5) is 0. The largest absolute Gasteiger partial charge is 0.316 e. The Morgan fingerprint density at radius 3 is 2.30 bits per heavy atom. The fraction of sp³-hybridized carbons (Fsp3) is 1.00. The van der Waals surface area contributed by atoms with Gasteiger partial charge in [0.1, 0.15) is 0 Å². The number of rotatable bonds is 1. The zero-order chi connectivity index (χ0) is 6.81. The third kappa shape index (κ3) is 1.20. The summed E-state index contributed by atoms with van der Waals surface area (Å²) in [6, 6.07) is 0. The van der Waals surface area contributed by atoms with Crippen LogP contribution in [0.5, 0.6) is 0 Å². The number of hydrogen-bond donors (Lipinski definition) is 1. The molecule has 0 unspecified atom stereocenters. The topological polar surface area (TPSA) is 12.0 Å². The van der Waals surface area contributed by atoms with Crippen molar-refractivity contribution in [2.24, 2.45) is 11.8 Å². The van der Waals surface area contributed by atoms with Crippen LogP contribution in [0.1, 0.15) is 32.1 Å². The van der Waals surface area contributed by atoms with Crippen LogP contribution in [-0.2, 0) is 0 Å². The van der Waals surface area contributed by atoms with E-state index in [2.05, 4.69) is 5.32 Å². The second-order valence-electron chi connectivity index (χ2n) is 3.80. The predicted molar refractivity (Wildman–Crippen MR) is 42.9 cm³/mol. The van der Waals surface area contributed by atoms with E-state index in [1.807, 2.05) is 0 Å². The van der Waals surface area contributed by atoms with Crippen molar-refractivity contribution >= 4 is 0 Å². The molecule has 1 saturated carbocycles. The minimum Gasteiger partial charge on any atom is -0.316 e. The van der Waals surface area contributed by atoms with Crippen molar-refractivity contribution < 1.29 is 0 Å². The van der Waals surface area contributed by atoms with Crippen molar-refractivity contribution in [2.75, 3.05) is 13.1 Å². The Hall–Kier alpha value is -0.0400. The van der Waals surface area contributed by atoms with Crippen LogP contribution in [0, 0.1) is 11.8 Å². The summed E-state index contributed by atoms with van der Waals surface area (Å²) in [5.41, 5.74) is 0. The van der Waals surface area contributed by atoms with Gasteiger partial charge in [0.25, 0.3) is 0 Å². The summed E-state index contributed by atoms with van der Waals surface area (Å²) in [6.07, 6.45) is 7.49. The standard InChI is InChI=1S/C9H17N/c1-2-4-8(3-1)9-5-6-10-7-9/h8-10H,1-7H2/t9-/m0/s1. The minimum absolute atomic E-state index is 1.04. The molecule has 0 aromatic rings. The first kappa shape index (κ1) is 6.66. The molecule has 2 rings (SSSR count). The molecular weight excluding hydrogens is 122 g/mol. The van der Waals surface area contributed by atoms with Gasteiger partial charge in [0.2, 0.25) is 0 Å². The Morgan fingerprint density at radius 1 is 0.900 bits per heavy atom. The van der Waals surface area contributed by atoms with E-state index in [9.17, 15) is 0 Å². The summed E-state index contributed by atoms with van der Waals surface area (Å²) in [6.45, 7) is 2.59. The van der Waals surface area contributed by atoms with Crippen LogP contribution in [0.15, 0.2) is 0 Å². The highest BCUT2D eigenvalue weighted by Crippen LogP contribution is 2.33. The molecule has 0 amide bonds. The van der Waals surface area contributed by atoms with Gasteiger partial charge in [-0.05, 0) is 31.3 Å². The lowest BCUT2D eigenvalue weighted by atomic mass is 9.90. The second-order valence-corrected chi connectivity index (χ2v) is 3.80. The van der Waals surface area contributed by atoms with Gasteiger partial charge >= 0.3 is 0 Å². The van der Waals surface area contributed by atoms with Gasteiger partial charge < -0.3 is 5.32 Å². The summed E-state index contributed by atoms with van der Waals surface area (Å²) >= 11 is 0. The third-order valence-corrected chi connectivity index (χ3v) is 3.16. The predicted octanol–water partition coefficient (Wildman–Crippen LogP) is 1.79. The molecule has 0 spiro atoms. The van der Waals surface area contributed by atoms with Crippen molar-refractivity contribution in [3.8, 4) is 0 Å². The van der Waals surface area contributed by atoms with E-state index in [4.69, 9.17) is 0 Å². The molecule has 1 atom stereocenters. The molecule has 1 saturated heterocycles. The molecule has 1 aliphatic carbocycles. The molecule has 0 aromatic heterocycles. The SMILES string of the molecule is C1CCC([C@H]2CCNC2)C1. The third-order valence-electron chi connectivity index (χ3n) is 3.16. The van der Waals surface area contributed by atoms with Gasteiger partial charge in [-0.15, -0.1) is 0 Å². The Kier molecular flexibility index (Phi) is 1.94. The molecule has 58 valence electrons. The van der Waals surface area contributed by atoms with Crippen molar-refractivity contribution in [3.63, 3.8) is 0 Å². The van der Waals surface area contributed by atoms with Crippen LogP contribution in [-0.4, -0.2) is 13.1 Å². The van der Waals surface area contributed by atoms with Crippen molar-refractivity contribution in [1.82, 2.24) is 5.32 Å². The van der Waals surface area contributed by atoms with Crippen molar-refractivity contribution in [1.29, 1.82) is 0 Å². The normalized spacial score (nSPS) is 35.4. The molecule has 1 aliphatic heterocycles. The Labute approximate surface area is 63.2 Å². The highest BCUT2D eigenvalue weighted by atomic mass is 14.9. The number of hydrogen-bond acceptors (Lipinski definition) is 1. The van der Waals surface area contributed by atoms with Crippen LogP contribution < -0.4 is 5.32 Å². The van der Waals surface area contributed by atoms with E-state index < -0.39 is 0 Å². The summed E-state index contributed by atoms with van der Waals surface area (Å²) in [5, 5.41) is 3.45. The smallest absolute Gasteiger partial charge is 0.00174 e. The van der Waals surface area contributed by atoms with Gasteiger partial charge in [-0.1, -0.05) is 25.7 Å². The van der Waals surface area contributed by atoms with E-state index in [1.54, 1.807) is 0 Å². The van der Waals surface area contributed by atoms with Crippen molar-refractivity contribution in [3.05, 3.63) is 0 Å². The average molecular weight is 139 g/mol. The van der Waals surface area contributed by atoms with E-state index in [-0.39, 0.29) is 0 Å². The summed E-state index contributed by atoms with van der Waals surface area (Å²) in [5.74, 6) is 2.14. The first-order valence-corrected chi connectivity index (χ1v) is 4.67. The molecule has 1 heterocycles. The summed E-state index contributed by atoms with van der Waals surface area (Å²) in [7, 11) is 0. The second kappa shape index (κ2) is 2.91. The summed E-state index contributed by atoms with van der Waals surface area (Å²) < 4.78 is 0. The Balaban J connectivity index is 1.85. The van der Waals surface area contributed by atoms with Crippen LogP contribution >= 0.6 is 0 Å². The highest BCUT2D eigenvalue weighted by molar-refractivity contribution is 4.81. The zero-order valence-corrected chi connectivity index (χ0v) is 6.60.